The summed E-state index contributed by atoms with van der Waals surface area (Å²) in [6.07, 6.45) is 0.514. The lowest BCUT2D eigenvalue weighted by Gasteiger charge is -2.11. The second-order valence-electron chi connectivity index (χ2n) is 4.98. The first-order valence-electron chi connectivity index (χ1n) is 6.34. The number of carbonyl (C=O) groups excluding carboxylic acids is 1. The van der Waals surface area contributed by atoms with Crippen molar-refractivity contribution >= 4 is 33.2 Å². The summed E-state index contributed by atoms with van der Waals surface area (Å²) in [6, 6.07) is 5.32. The lowest BCUT2D eigenvalue weighted by molar-refractivity contribution is -0.119. The van der Waals surface area contributed by atoms with Crippen LogP contribution in [-0.2, 0) is 14.6 Å². The van der Waals surface area contributed by atoms with Crippen molar-refractivity contribution in [2.75, 3.05) is 23.0 Å². The highest BCUT2D eigenvalue weighted by molar-refractivity contribution is 8.00. The third kappa shape index (κ3) is 4.14. The van der Waals surface area contributed by atoms with E-state index < -0.39 is 9.84 Å². The molecule has 0 radical (unpaired) electrons. The van der Waals surface area contributed by atoms with E-state index in [1.54, 1.807) is 6.07 Å². The molecule has 1 atom stereocenters. The van der Waals surface area contributed by atoms with Crippen LogP contribution in [-0.4, -0.2) is 37.6 Å². The maximum Gasteiger partial charge on any atom is 0.230 e. The predicted molar refractivity (Wildman–Crippen MR) is 81.5 cm³/mol. The van der Waals surface area contributed by atoms with Gasteiger partial charge in [0.05, 0.1) is 17.3 Å². The Bertz CT molecular complexity index is 614. The predicted octanol–water partition coefficient (Wildman–Crippen LogP) is 0.973. The van der Waals surface area contributed by atoms with Crippen LogP contribution in [0.15, 0.2) is 23.1 Å². The van der Waals surface area contributed by atoms with E-state index in [-0.39, 0.29) is 29.2 Å². The Kier molecular flexibility index (Phi) is 4.59. The van der Waals surface area contributed by atoms with Crippen molar-refractivity contribution in [2.24, 2.45) is 0 Å². The molecule has 1 aliphatic heterocycles. The van der Waals surface area contributed by atoms with Gasteiger partial charge in [-0.15, -0.1) is 11.8 Å². The number of sulfone groups is 1. The van der Waals surface area contributed by atoms with Gasteiger partial charge in [-0.25, -0.2) is 8.42 Å². The van der Waals surface area contributed by atoms with E-state index in [0.29, 0.717) is 12.1 Å². The van der Waals surface area contributed by atoms with E-state index >= 15 is 0 Å². The molecule has 2 rings (SSSR count). The number of nitrogens with two attached hydrogens (primary N) is 1. The fraction of sp³-hybridized carbons (Fsp3) is 0.462. The number of anilines is 1. The zero-order valence-corrected chi connectivity index (χ0v) is 12.9. The number of nitrogens with one attached hydrogen (secondary N) is 1. The Balaban J connectivity index is 1.84. The third-order valence-corrected chi connectivity index (χ3v) is 6.10. The quantitative estimate of drug-likeness (QED) is 0.638. The number of thioether (sulfide) groups is 1. The third-order valence-electron chi connectivity index (χ3n) is 3.16. The van der Waals surface area contributed by atoms with Gasteiger partial charge in [0, 0.05) is 16.6 Å². The molecule has 1 amide bonds. The number of nitrogen functional groups attached to an aromatic ring is 1. The Morgan fingerprint density at radius 3 is 2.85 bits per heavy atom. The van der Waals surface area contributed by atoms with Gasteiger partial charge in [0.25, 0.3) is 0 Å². The Morgan fingerprint density at radius 2 is 2.25 bits per heavy atom. The summed E-state index contributed by atoms with van der Waals surface area (Å²) >= 11 is 1.43. The van der Waals surface area contributed by atoms with Gasteiger partial charge in [-0.1, -0.05) is 0 Å². The molecule has 1 unspecified atom stereocenters. The van der Waals surface area contributed by atoms with E-state index in [1.165, 1.54) is 11.8 Å². The van der Waals surface area contributed by atoms with Crippen molar-refractivity contribution in [3.8, 4) is 0 Å². The molecule has 1 saturated heterocycles. The maximum absolute atomic E-state index is 11.8. The molecule has 1 heterocycles. The van der Waals surface area contributed by atoms with Gasteiger partial charge in [-0.2, -0.15) is 0 Å². The molecule has 1 aromatic carbocycles. The molecule has 0 spiro atoms. The van der Waals surface area contributed by atoms with Crippen molar-refractivity contribution in [2.45, 2.75) is 24.3 Å². The van der Waals surface area contributed by atoms with Crippen LogP contribution >= 0.6 is 11.8 Å². The first-order chi connectivity index (χ1) is 9.35. The zero-order valence-electron chi connectivity index (χ0n) is 11.3. The van der Waals surface area contributed by atoms with Crippen molar-refractivity contribution in [3.05, 3.63) is 23.8 Å². The van der Waals surface area contributed by atoms with Crippen LogP contribution in [0.1, 0.15) is 12.0 Å². The van der Waals surface area contributed by atoms with Crippen LogP contribution in [0.5, 0.6) is 0 Å². The summed E-state index contributed by atoms with van der Waals surface area (Å²) in [7, 11) is -2.96. The fourth-order valence-corrected chi connectivity index (χ4v) is 4.65. The number of aryl methyl sites for hydroxylation is 1. The molecule has 0 bridgehead atoms. The van der Waals surface area contributed by atoms with Gasteiger partial charge >= 0.3 is 0 Å². The minimum Gasteiger partial charge on any atom is -0.399 e. The Hall–Kier alpha value is -1.21. The lowest BCUT2D eigenvalue weighted by Crippen LogP contribution is -2.36. The number of benzene rings is 1. The number of hydrogen-bond acceptors (Lipinski definition) is 5. The zero-order chi connectivity index (χ0) is 14.8. The first-order valence-corrected chi connectivity index (χ1v) is 9.15. The van der Waals surface area contributed by atoms with Crippen molar-refractivity contribution < 1.29 is 13.2 Å². The van der Waals surface area contributed by atoms with Crippen molar-refractivity contribution in [3.63, 3.8) is 0 Å². The fourth-order valence-electron chi connectivity index (χ4n) is 2.16. The molecule has 1 fully saturated rings. The maximum atomic E-state index is 11.8. The van der Waals surface area contributed by atoms with Crippen LogP contribution < -0.4 is 11.1 Å². The summed E-state index contributed by atoms with van der Waals surface area (Å²) in [5.74, 6) is 0.377. The van der Waals surface area contributed by atoms with Gasteiger partial charge in [-0.05, 0) is 37.1 Å². The lowest BCUT2D eigenvalue weighted by atomic mass is 10.2. The molecule has 7 heteroatoms. The average Bonchev–Trinajstić information content (AvgIpc) is 2.67. The Labute approximate surface area is 123 Å². The average molecular weight is 314 g/mol. The molecule has 0 saturated carbocycles. The highest BCUT2D eigenvalue weighted by atomic mass is 32.2. The SMILES string of the molecule is Cc1cc(N)ccc1SCC(=O)NC1CCS(=O)(=O)C1. The summed E-state index contributed by atoms with van der Waals surface area (Å²) in [6.45, 7) is 1.94. The highest BCUT2D eigenvalue weighted by Crippen LogP contribution is 2.24. The normalized spacial score (nSPS) is 20.8. The Morgan fingerprint density at radius 1 is 1.50 bits per heavy atom. The van der Waals surface area contributed by atoms with Crippen LogP contribution in [0.2, 0.25) is 0 Å². The van der Waals surface area contributed by atoms with E-state index in [2.05, 4.69) is 5.32 Å². The summed E-state index contributed by atoms with van der Waals surface area (Å²) in [5.41, 5.74) is 7.41. The van der Waals surface area contributed by atoms with Crippen LogP contribution in [0, 0.1) is 6.92 Å². The molecule has 0 aromatic heterocycles. The molecule has 0 aliphatic carbocycles. The smallest absolute Gasteiger partial charge is 0.230 e. The van der Waals surface area contributed by atoms with Crippen LogP contribution in [0.3, 0.4) is 0 Å². The van der Waals surface area contributed by atoms with E-state index in [1.807, 2.05) is 19.1 Å². The number of rotatable bonds is 4. The van der Waals surface area contributed by atoms with Crippen LogP contribution in [0.25, 0.3) is 0 Å². The summed E-state index contributed by atoms with van der Waals surface area (Å²) in [5, 5.41) is 2.77. The minimum absolute atomic E-state index is 0.0598. The van der Waals surface area contributed by atoms with Gasteiger partial charge in [0.2, 0.25) is 5.91 Å². The number of amides is 1. The first kappa shape index (κ1) is 15.2. The summed E-state index contributed by atoms with van der Waals surface area (Å²) < 4.78 is 22.6. The molecule has 3 N–H and O–H groups in total. The molecule has 1 aromatic rings. The van der Waals surface area contributed by atoms with Crippen LogP contribution in [0.4, 0.5) is 5.69 Å². The molecule has 1 aliphatic rings. The molecule has 110 valence electrons. The van der Waals surface area contributed by atoms with Gasteiger partial charge in [-0.3, -0.25) is 4.79 Å². The minimum atomic E-state index is -2.96. The van der Waals surface area contributed by atoms with E-state index in [0.717, 1.165) is 10.5 Å². The van der Waals surface area contributed by atoms with Crippen molar-refractivity contribution in [1.29, 1.82) is 0 Å². The van der Waals surface area contributed by atoms with Crippen molar-refractivity contribution in [1.82, 2.24) is 5.32 Å². The standard InChI is InChI=1S/C13H18N2O3S2/c1-9-6-10(14)2-3-12(9)19-7-13(16)15-11-4-5-20(17,18)8-11/h2-3,6,11H,4-5,7-8,14H2,1H3,(H,15,16). The second-order valence-corrected chi connectivity index (χ2v) is 8.23. The number of hydrogen-bond donors (Lipinski definition) is 2. The number of carbonyl (C=O) groups is 1. The molecular formula is C13H18N2O3S2. The van der Waals surface area contributed by atoms with Gasteiger partial charge < -0.3 is 11.1 Å². The molecular weight excluding hydrogens is 296 g/mol. The molecule has 5 nitrogen and oxygen atoms in total. The highest BCUT2D eigenvalue weighted by Gasteiger charge is 2.28. The van der Waals surface area contributed by atoms with Gasteiger partial charge in [0.1, 0.15) is 0 Å². The van der Waals surface area contributed by atoms with E-state index in [4.69, 9.17) is 5.73 Å². The van der Waals surface area contributed by atoms with Gasteiger partial charge in [0.15, 0.2) is 9.84 Å². The topological polar surface area (TPSA) is 89.3 Å². The summed E-state index contributed by atoms with van der Waals surface area (Å²) in [4.78, 5) is 12.8. The molecule has 20 heavy (non-hydrogen) atoms. The largest absolute Gasteiger partial charge is 0.399 e. The van der Waals surface area contributed by atoms with E-state index in [9.17, 15) is 13.2 Å². The monoisotopic (exact) mass is 314 g/mol. The second kappa shape index (κ2) is 6.05.